The summed E-state index contributed by atoms with van der Waals surface area (Å²) >= 11 is 0. The maximum absolute atomic E-state index is 12.2. The van der Waals surface area contributed by atoms with Gasteiger partial charge in [0.05, 0.1) is 0 Å². The average molecular weight is 246 g/mol. The van der Waals surface area contributed by atoms with Crippen molar-refractivity contribution in [3.63, 3.8) is 0 Å². The second kappa shape index (κ2) is 5.84. The quantitative estimate of drug-likeness (QED) is 0.528. The van der Waals surface area contributed by atoms with Crippen LogP contribution in [-0.2, 0) is 0 Å². The van der Waals surface area contributed by atoms with Crippen LogP contribution in [0.1, 0.15) is 12.8 Å². The molecule has 1 unspecified atom stereocenters. The molecule has 0 aromatic rings. The molecule has 0 bridgehead atoms. The van der Waals surface area contributed by atoms with E-state index in [1.807, 2.05) is 0 Å². The second-order valence-corrected chi connectivity index (χ2v) is 4.30. The molecule has 0 aromatic carbocycles. The van der Waals surface area contributed by atoms with E-state index in [0.29, 0.717) is 19.1 Å². The van der Waals surface area contributed by atoms with Gasteiger partial charge in [0.15, 0.2) is 0 Å². The number of fused-ring (bicyclic) bond motifs is 1. The van der Waals surface area contributed by atoms with Crippen LogP contribution < -0.4 is 51.4 Å². The summed E-state index contributed by atoms with van der Waals surface area (Å²) in [6.45, 7) is -1.56. The molecular formula is C8H15BF3KN2. The molecule has 0 saturated carbocycles. The summed E-state index contributed by atoms with van der Waals surface area (Å²) in [5.74, 6) is 0. The van der Waals surface area contributed by atoms with Gasteiger partial charge >= 0.3 is 58.4 Å². The molecule has 0 radical (unpaired) electrons. The van der Waals surface area contributed by atoms with Crippen LogP contribution >= 0.6 is 0 Å². The van der Waals surface area contributed by atoms with Crippen LogP contribution in [0.25, 0.3) is 0 Å². The Morgan fingerprint density at radius 3 is 2.53 bits per heavy atom. The van der Waals surface area contributed by atoms with Gasteiger partial charge in [0.1, 0.15) is 0 Å². The molecule has 2 heterocycles. The molecule has 7 heteroatoms. The molecule has 0 amide bonds. The van der Waals surface area contributed by atoms with Crippen molar-refractivity contribution < 1.29 is 64.3 Å². The molecule has 2 aliphatic rings. The molecule has 0 N–H and O–H groups in total. The zero-order valence-electron chi connectivity index (χ0n) is 9.13. The number of hydrogen-bond donors (Lipinski definition) is 0. The van der Waals surface area contributed by atoms with E-state index in [1.54, 1.807) is 4.90 Å². The van der Waals surface area contributed by atoms with Crippen LogP contribution in [-0.4, -0.2) is 55.4 Å². The minimum Gasteiger partial charge on any atom is -0.448 e. The van der Waals surface area contributed by atoms with E-state index in [9.17, 15) is 12.9 Å². The van der Waals surface area contributed by atoms with Gasteiger partial charge in [-0.25, -0.2) is 0 Å². The molecule has 2 saturated heterocycles. The Balaban J connectivity index is 0.00000112. The van der Waals surface area contributed by atoms with Gasteiger partial charge in [-0.1, -0.05) is 0 Å². The van der Waals surface area contributed by atoms with Crippen LogP contribution in [0.5, 0.6) is 0 Å². The number of halogens is 3. The largest absolute Gasteiger partial charge is 1.00 e. The third kappa shape index (κ3) is 4.29. The van der Waals surface area contributed by atoms with Crippen molar-refractivity contribution >= 4 is 6.98 Å². The van der Waals surface area contributed by atoms with Crippen molar-refractivity contribution in [3.8, 4) is 0 Å². The van der Waals surface area contributed by atoms with Crippen molar-refractivity contribution in [1.29, 1.82) is 0 Å². The fourth-order valence-corrected chi connectivity index (χ4v) is 2.51. The Hall–Kier alpha value is 1.41. The third-order valence-electron chi connectivity index (χ3n) is 3.14. The minimum absolute atomic E-state index is 0. The second-order valence-electron chi connectivity index (χ2n) is 4.30. The van der Waals surface area contributed by atoms with Gasteiger partial charge in [-0.15, -0.1) is 0 Å². The van der Waals surface area contributed by atoms with Crippen molar-refractivity contribution in [2.75, 3.05) is 32.6 Å². The zero-order chi connectivity index (χ0) is 10.2. The SMILES string of the molecule is F[B-](F)(F)CN1CCN2CCCC2C1.[K+]. The number of nitrogens with zero attached hydrogens (tertiary/aromatic N) is 2. The fourth-order valence-electron chi connectivity index (χ4n) is 2.51. The van der Waals surface area contributed by atoms with Gasteiger partial charge in [-0.05, 0) is 25.8 Å². The van der Waals surface area contributed by atoms with E-state index in [-0.39, 0.29) is 51.4 Å². The third-order valence-corrected chi connectivity index (χ3v) is 3.14. The first-order valence-corrected chi connectivity index (χ1v) is 5.22. The summed E-state index contributed by atoms with van der Waals surface area (Å²) in [7, 11) is 0. The zero-order valence-corrected chi connectivity index (χ0v) is 12.3. The van der Waals surface area contributed by atoms with Crippen LogP contribution in [0.3, 0.4) is 0 Å². The maximum atomic E-state index is 12.2. The van der Waals surface area contributed by atoms with Crippen LogP contribution in [0.15, 0.2) is 0 Å². The fraction of sp³-hybridized carbons (Fsp3) is 1.00. The van der Waals surface area contributed by atoms with Crippen LogP contribution in [0, 0.1) is 0 Å². The molecule has 2 fully saturated rings. The first kappa shape index (κ1) is 14.5. The Morgan fingerprint density at radius 2 is 1.87 bits per heavy atom. The number of rotatable bonds is 2. The van der Waals surface area contributed by atoms with Crippen LogP contribution in [0.2, 0.25) is 0 Å². The van der Waals surface area contributed by atoms with Crippen molar-refractivity contribution in [2.24, 2.45) is 0 Å². The van der Waals surface area contributed by atoms with E-state index in [2.05, 4.69) is 4.90 Å². The van der Waals surface area contributed by atoms with Gasteiger partial charge in [-0.2, -0.15) is 0 Å². The van der Waals surface area contributed by atoms with E-state index >= 15 is 0 Å². The molecule has 1 atom stereocenters. The van der Waals surface area contributed by atoms with E-state index < -0.39 is 13.4 Å². The molecule has 0 aliphatic carbocycles. The van der Waals surface area contributed by atoms with Gasteiger partial charge in [-0.3, -0.25) is 4.90 Å². The Morgan fingerprint density at radius 1 is 1.13 bits per heavy atom. The van der Waals surface area contributed by atoms with Gasteiger partial charge in [0.2, 0.25) is 0 Å². The van der Waals surface area contributed by atoms with Gasteiger partial charge in [0.25, 0.3) is 0 Å². The standard InChI is InChI=1S/C8H15BF3N2.K/c10-9(11,12)7-13-4-5-14-3-1-2-8(14)6-13;/h8H,1-7H2;/q-1;+1. The maximum Gasteiger partial charge on any atom is 1.00 e. The molecule has 0 aromatic heterocycles. The molecule has 0 spiro atoms. The molecular weight excluding hydrogens is 231 g/mol. The first-order valence-electron chi connectivity index (χ1n) is 5.22. The Labute approximate surface area is 131 Å². The van der Waals surface area contributed by atoms with Crippen molar-refractivity contribution in [2.45, 2.75) is 18.9 Å². The van der Waals surface area contributed by atoms with E-state index in [0.717, 1.165) is 25.9 Å². The molecule has 2 rings (SSSR count). The molecule has 82 valence electrons. The molecule has 2 nitrogen and oxygen atoms in total. The first-order chi connectivity index (χ1) is 6.54. The topological polar surface area (TPSA) is 6.48 Å². The normalized spacial score (nSPS) is 28.6. The summed E-state index contributed by atoms with van der Waals surface area (Å²) in [4.78, 5) is 3.88. The monoisotopic (exact) mass is 246 g/mol. The Bertz CT molecular complexity index is 215. The summed E-state index contributed by atoms with van der Waals surface area (Å²) in [5.41, 5.74) is 0. The summed E-state index contributed by atoms with van der Waals surface area (Å²) in [5, 5.41) is 0. The van der Waals surface area contributed by atoms with Crippen molar-refractivity contribution in [1.82, 2.24) is 9.80 Å². The number of piperazine rings is 1. The van der Waals surface area contributed by atoms with E-state index in [4.69, 9.17) is 0 Å². The summed E-state index contributed by atoms with van der Waals surface area (Å²) in [6, 6.07) is 0.391. The van der Waals surface area contributed by atoms with E-state index in [1.165, 1.54) is 0 Å². The number of hydrogen-bond acceptors (Lipinski definition) is 2. The van der Waals surface area contributed by atoms with Crippen molar-refractivity contribution in [3.05, 3.63) is 0 Å². The summed E-state index contributed by atoms with van der Waals surface area (Å²) < 4.78 is 36.6. The summed E-state index contributed by atoms with van der Waals surface area (Å²) in [6.07, 6.45) is 1.54. The van der Waals surface area contributed by atoms with Gasteiger partial charge < -0.3 is 17.8 Å². The minimum atomic E-state index is -4.64. The average Bonchev–Trinajstić information content (AvgIpc) is 2.47. The van der Waals surface area contributed by atoms with Crippen LogP contribution in [0.4, 0.5) is 12.9 Å². The predicted molar refractivity (Wildman–Crippen MR) is 50.1 cm³/mol. The molecule has 2 aliphatic heterocycles. The smallest absolute Gasteiger partial charge is 0.448 e. The Kier molecular flexibility index (Phi) is 5.63. The molecule has 15 heavy (non-hydrogen) atoms. The van der Waals surface area contributed by atoms with Gasteiger partial charge in [0, 0.05) is 25.7 Å². The predicted octanol–water partition coefficient (Wildman–Crippen LogP) is -1.84.